The van der Waals surface area contributed by atoms with E-state index in [0.717, 1.165) is 27.9 Å². The van der Waals surface area contributed by atoms with Gasteiger partial charge in [-0.3, -0.25) is 4.57 Å². The lowest BCUT2D eigenvalue weighted by atomic mass is 10.1. The molecule has 0 aliphatic heterocycles. The summed E-state index contributed by atoms with van der Waals surface area (Å²) in [6.07, 6.45) is 0. The minimum Gasteiger partial charge on any atom is -0.299 e. The fourth-order valence-corrected chi connectivity index (χ4v) is 5.22. The van der Waals surface area contributed by atoms with Crippen molar-refractivity contribution in [2.75, 3.05) is 0 Å². The Morgan fingerprint density at radius 3 is 2.67 bits per heavy atom. The monoisotopic (exact) mass is 433 g/mol. The Labute approximate surface area is 176 Å². The van der Waals surface area contributed by atoms with Crippen molar-refractivity contribution < 1.29 is 0 Å². The minimum absolute atomic E-state index is 0.255. The molecule has 7 heteroatoms. The Morgan fingerprint density at radius 1 is 1.07 bits per heavy atom. The van der Waals surface area contributed by atoms with Gasteiger partial charge in [-0.25, -0.2) is 0 Å². The molecule has 0 N–H and O–H groups in total. The SMILES string of the molecule is CC(C)n1c(SCc2ccc(Cl)c(Cl)c2)nnc1-c1csc2ccccc12. The normalized spacial score (nSPS) is 11.6. The Bertz CT molecular complexity index is 1100. The molecule has 27 heavy (non-hydrogen) atoms. The maximum Gasteiger partial charge on any atom is 0.192 e. The van der Waals surface area contributed by atoms with E-state index >= 15 is 0 Å². The van der Waals surface area contributed by atoms with E-state index in [1.165, 1.54) is 10.1 Å². The summed E-state index contributed by atoms with van der Waals surface area (Å²) >= 11 is 15.5. The molecule has 0 atom stereocenters. The van der Waals surface area contributed by atoms with Gasteiger partial charge in [-0.1, -0.05) is 59.2 Å². The number of rotatable bonds is 5. The summed E-state index contributed by atoms with van der Waals surface area (Å²) in [6.45, 7) is 4.31. The summed E-state index contributed by atoms with van der Waals surface area (Å²) in [7, 11) is 0. The molecule has 0 saturated heterocycles. The van der Waals surface area contributed by atoms with E-state index in [2.05, 4.69) is 58.3 Å². The predicted molar refractivity (Wildman–Crippen MR) is 117 cm³/mol. The van der Waals surface area contributed by atoms with E-state index in [-0.39, 0.29) is 6.04 Å². The lowest BCUT2D eigenvalue weighted by Crippen LogP contribution is -2.05. The zero-order valence-electron chi connectivity index (χ0n) is 14.8. The molecule has 0 fully saturated rings. The zero-order valence-corrected chi connectivity index (χ0v) is 18.0. The fraction of sp³-hybridized carbons (Fsp3) is 0.200. The molecule has 0 radical (unpaired) electrons. The van der Waals surface area contributed by atoms with E-state index in [0.29, 0.717) is 10.0 Å². The highest BCUT2D eigenvalue weighted by molar-refractivity contribution is 7.98. The average Bonchev–Trinajstić information content (AvgIpc) is 3.26. The first-order chi connectivity index (χ1) is 13.0. The second kappa shape index (κ2) is 7.84. The maximum atomic E-state index is 6.13. The summed E-state index contributed by atoms with van der Waals surface area (Å²) in [5.41, 5.74) is 2.24. The highest BCUT2D eigenvalue weighted by Crippen LogP contribution is 2.36. The van der Waals surface area contributed by atoms with Gasteiger partial charge in [-0.05, 0) is 37.6 Å². The van der Waals surface area contributed by atoms with Crippen molar-refractivity contribution in [3.05, 3.63) is 63.5 Å². The first kappa shape index (κ1) is 18.8. The molecule has 0 unspecified atom stereocenters. The Balaban J connectivity index is 1.67. The number of hydrogen-bond acceptors (Lipinski definition) is 4. The number of halogens is 2. The Kier molecular flexibility index (Phi) is 5.46. The number of hydrogen-bond donors (Lipinski definition) is 0. The molecule has 0 bridgehead atoms. The van der Waals surface area contributed by atoms with Gasteiger partial charge >= 0.3 is 0 Å². The fourth-order valence-electron chi connectivity index (χ4n) is 2.95. The predicted octanol–water partition coefficient (Wildman–Crippen LogP) is 7.34. The standard InChI is InChI=1S/C20H17Cl2N3S2/c1-12(2)25-19(15-11-26-18-6-4-3-5-14(15)18)23-24-20(25)27-10-13-7-8-16(21)17(22)9-13/h3-9,11-12H,10H2,1-2H3. The molecule has 0 aliphatic rings. The van der Waals surface area contributed by atoms with Crippen LogP contribution >= 0.6 is 46.3 Å². The van der Waals surface area contributed by atoms with Crippen molar-refractivity contribution in [3.8, 4) is 11.4 Å². The van der Waals surface area contributed by atoms with Gasteiger partial charge < -0.3 is 0 Å². The van der Waals surface area contributed by atoms with Gasteiger partial charge in [0.25, 0.3) is 0 Å². The first-order valence-electron chi connectivity index (χ1n) is 8.53. The van der Waals surface area contributed by atoms with Crippen LogP contribution < -0.4 is 0 Å². The maximum absolute atomic E-state index is 6.13. The van der Waals surface area contributed by atoms with Gasteiger partial charge in [0, 0.05) is 32.8 Å². The number of aromatic nitrogens is 3. The van der Waals surface area contributed by atoms with Crippen LogP contribution in [0.4, 0.5) is 0 Å². The molecule has 3 nitrogen and oxygen atoms in total. The van der Waals surface area contributed by atoms with Crippen LogP contribution in [0.1, 0.15) is 25.5 Å². The van der Waals surface area contributed by atoms with Crippen LogP contribution in [0.2, 0.25) is 10.0 Å². The quantitative estimate of drug-likeness (QED) is 0.308. The molecule has 0 saturated carbocycles. The molecular formula is C20H17Cl2N3S2. The van der Waals surface area contributed by atoms with Crippen molar-refractivity contribution >= 4 is 56.4 Å². The van der Waals surface area contributed by atoms with Crippen LogP contribution in [0.25, 0.3) is 21.5 Å². The molecule has 0 spiro atoms. The van der Waals surface area contributed by atoms with Crippen molar-refractivity contribution in [3.63, 3.8) is 0 Å². The van der Waals surface area contributed by atoms with Crippen molar-refractivity contribution in [1.29, 1.82) is 0 Å². The number of benzene rings is 2. The molecule has 2 aromatic carbocycles. The first-order valence-corrected chi connectivity index (χ1v) is 11.1. The minimum atomic E-state index is 0.255. The lowest BCUT2D eigenvalue weighted by molar-refractivity contribution is 0.555. The van der Waals surface area contributed by atoms with E-state index in [1.807, 2.05) is 18.2 Å². The number of nitrogens with zero attached hydrogens (tertiary/aromatic N) is 3. The van der Waals surface area contributed by atoms with E-state index in [1.54, 1.807) is 23.1 Å². The number of fused-ring (bicyclic) bond motifs is 1. The van der Waals surface area contributed by atoms with Crippen LogP contribution in [0.3, 0.4) is 0 Å². The number of thiophene rings is 1. The van der Waals surface area contributed by atoms with Gasteiger partial charge in [0.2, 0.25) is 0 Å². The van der Waals surface area contributed by atoms with Crippen molar-refractivity contribution in [1.82, 2.24) is 14.8 Å². The van der Waals surface area contributed by atoms with Crippen molar-refractivity contribution in [2.24, 2.45) is 0 Å². The van der Waals surface area contributed by atoms with E-state index < -0.39 is 0 Å². The van der Waals surface area contributed by atoms with Crippen LogP contribution in [-0.4, -0.2) is 14.8 Å². The van der Waals surface area contributed by atoms with E-state index in [4.69, 9.17) is 23.2 Å². The number of thioether (sulfide) groups is 1. The third kappa shape index (κ3) is 3.74. The smallest absolute Gasteiger partial charge is 0.192 e. The second-order valence-corrected chi connectivity index (χ2v) is 9.12. The third-order valence-electron chi connectivity index (χ3n) is 4.25. The third-order valence-corrected chi connectivity index (χ3v) is 6.97. The van der Waals surface area contributed by atoms with Crippen molar-refractivity contribution in [2.45, 2.75) is 30.8 Å². The molecule has 138 valence electrons. The molecule has 2 aromatic heterocycles. The second-order valence-electron chi connectivity index (χ2n) is 6.45. The van der Waals surface area contributed by atoms with Gasteiger partial charge in [0.1, 0.15) is 0 Å². The topological polar surface area (TPSA) is 30.7 Å². The summed E-state index contributed by atoms with van der Waals surface area (Å²) in [6, 6.07) is 14.4. The largest absolute Gasteiger partial charge is 0.299 e. The summed E-state index contributed by atoms with van der Waals surface area (Å²) < 4.78 is 3.47. The van der Waals surface area contributed by atoms with Crippen LogP contribution in [0.15, 0.2) is 53.0 Å². The molecule has 4 aromatic rings. The highest BCUT2D eigenvalue weighted by Gasteiger charge is 2.19. The summed E-state index contributed by atoms with van der Waals surface area (Å²) in [5, 5.41) is 14.4. The van der Waals surface area contributed by atoms with Gasteiger partial charge in [0.15, 0.2) is 11.0 Å². The molecule has 2 heterocycles. The molecule has 0 aliphatic carbocycles. The summed E-state index contributed by atoms with van der Waals surface area (Å²) in [5.74, 6) is 1.67. The van der Waals surface area contributed by atoms with Crippen LogP contribution in [0, 0.1) is 0 Å². The van der Waals surface area contributed by atoms with Gasteiger partial charge in [0.05, 0.1) is 10.0 Å². The molecular weight excluding hydrogens is 417 g/mol. The average molecular weight is 434 g/mol. The lowest BCUT2D eigenvalue weighted by Gasteiger charge is -2.13. The van der Waals surface area contributed by atoms with Gasteiger partial charge in [-0.2, -0.15) is 0 Å². The van der Waals surface area contributed by atoms with Gasteiger partial charge in [-0.15, -0.1) is 21.5 Å². The highest BCUT2D eigenvalue weighted by atomic mass is 35.5. The van der Waals surface area contributed by atoms with E-state index in [9.17, 15) is 0 Å². The zero-order chi connectivity index (χ0) is 19.0. The van der Waals surface area contributed by atoms with Crippen LogP contribution in [-0.2, 0) is 5.75 Å². The van der Waals surface area contributed by atoms with Crippen LogP contribution in [0.5, 0.6) is 0 Å². The molecule has 0 amide bonds. The Morgan fingerprint density at radius 2 is 1.89 bits per heavy atom. The molecule has 4 rings (SSSR count). The summed E-state index contributed by atoms with van der Waals surface area (Å²) in [4.78, 5) is 0. The Hall–Kier alpha value is -1.53.